The lowest BCUT2D eigenvalue weighted by Gasteiger charge is -2.37. The van der Waals surface area contributed by atoms with Gasteiger partial charge in [-0.25, -0.2) is 0 Å². The predicted octanol–water partition coefficient (Wildman–Crippen LogP) is 11.2. The van der Waals surface area contributed by atoms with E-state index in [0.717, 1.165) is 22.3 Å². The highest BCUT2D eigenvalue weighted by molar-refractivity contribution is 6.27. The summed E-state index contributed by atoms with van der Waals surface area (Å²) in [6.07, 6.45) is 8.87. The van der Waals surface area contributed by atoms with E-state index in [2.05, 4.69) is 179 Å². The lowest BCUT2D eigenvalue weighted by Crippen LogP contribution is -2.30. The minimum Gasteiger partial charge on any atom is -0.302 e. The number of allylic oxidation sites excluding steroid dienone is 2. The van der Waals surface area contributed by atoms with Gasteiger partial charge in [-0.2, -0.15) is 15.0 Å². The van der Waals surface area contributed by atoms with Crippen LogP contribution in [0.1, 0.15) is 33.7 Å². The van der Waals surface area contributed by atoms with E-state index in [-0.39, 0.29) is 12.0 Å². The molecule has 0 fully saturated rings. The van der Waals surface area contributed by atoms with E-state index in [1.165, 1.54) is 60.5 Å². The van der Waals surface area contributed by atoms with Crippen molar-refractivity contribution in [1.82, 2.24) is 19.5 Å². The number of hydrogen-bond acceptors (Lipinski definition) is 4. The van der Waals surface area contributed by atoms with E-state index >= 15 is 0 Å². The fraction of sp³-hybridized carbons (Fsp3) is 0.0600. The second kappa shape index (κ2) is 10.5. The van der Waals surface area contributed by atoms with E-state index in [1.54, 1.807) is 0 Å². The minimum atomic E-state index is -0.478. The molecule has 5 nitrogen and oxygen atoms in total. The number of rotatable bonds is 4. The standard InChI is InChI=1S/C50H31N5/c1-3-14-31(15-4-1)47-51-48(54-39-24-11-8-20-34(39)35-21-9-12-25-40(35)54)53-49(52-47)55-41-28-26-30-16-13-23-38-43(30)44(41)45-42(55)29-27-36-33-19-7-10-22-37(33)50(38,46(36)45)32-17-5-2-6-18-32/h1-29,34,39H. The molecule has 3 heterocycles. The second-order valence-corrected chi connectivity index (χ2v) is 15.1. The molecule has 1 aliphatic heterocycles. The van der Waals surface area contributed by atoms with Crippen LogP contribution in [0.3, 0.4) is 0 Å². The van der Waals surface area contributed by atoms with Gasteiger partial charge in [0, 0.05) is 27.9 Å². The zero-order valence-electron chi connectivity index (χ0n) is 29.6. The molecule has 3 atom stereocenters. The Morgan fingerprint density at radius 1 is 0.509 bits per heavy atom. The van der Waals surface area contributed by atoms with Crippen LogP contribution < -0.4 is 4.90 Å². The molecule has 9 aromatic rings. The van der Waals surface area contributed by atoms with Crippen molar-refractivity contribution in [2.45, 2.75) is 17.4 Å². The summed E-state index contributed by atoms with van der Waals surface area (Å²) in [6, 6.07) is 55.2. The first-order valence-corrected chi connectivity index (χ1v) is 19.0. The normalized spacial score (nSPS) is 19.5. The van der Waals surface area contributed by atoms with Crippen LogP contribution in [0.2, 0.25) is 0 Å². The number of anilines is 2. The van der Waals surface area contributed by atoms with Gasteiger partial charge in [-0.05, 0) is 67.9 Å². The van der Waals surface area contributed by atoms with Crippen molar-refractivity contribution in [2.75, 3.05) is 4.90 Å². The summed E-state index contributed by atoms with van der Waals surface area (Å²) >= 11 is 0. The average Bonchev–Trinajstić information content (AvgIpc) is 3.89. The molecule has 55 heavy (non-hydrogen) atoms. The molecule has 0 radical (unpaired) electrons. The lowest BCUT2D eigenvalue weighted by atomic mass is 9.63. The maximum atomic E-state index is 5.48. The SMILES string of the molecule is C1=CC2c3ccccc3N(c3nc(-c4ccccc4)nc(-n4c5ccc6c7c5c5c8c(cccc8ccc54)C7(c4ccccc4)c4ccccc4-6)n3)C2C=C1. The summed E-state index contributed by atoms with van der Waals surface area (Å²) in [5.41, 5.74) is 12.9. The number of aromatic nitrogens is 4. The van der Waals surface area contributed by atoms with E-state index in [0.29, 0.717) is 17.7 Å². The molecule has 13 rings (SSSR count). The van der Waals surface area contributed by atoms with E-state index in [9.17, 15) is 0 Å². The maximum Gasteiger partial charge on any atom is 0.240 e. The number of benzene rings is 7. The Labute approximate surface area is 317 Å². The fourth-order valence-corrected chi connectivity index (χ4v) is 10.5. The highest BCUT2D eigenvalue weighted by Gasteiger charge is 2.51. The molecule has 3 unspecified atom stereocenters. The van der Waals surface area contributed by atoms with Crippen LogP contribution >= 0.6 is 0 Å². The Bertz CT molecular complexity index is 3180. The van der Waals surface area contributed by atoms with Crippen LogP contribution in [0.15, 0.2) is 176 Å². The maximum absolute atomic E-state index is 5.48. The number of hydrogen-bond donors (Lipinski definition) is 0. The van der Waals surface area contributed by atoms with Crippen LogP contribution in [-0.4, -0.2) is 25.6 Å². The predicted molar refractivity (Wildman–Crippen MR) is 221 cm³/mol. The van der Waals surface area contributed by atoms with Gasteiger partial charge in [0.2, 0.25) is 11.9 Å². The summed E-state index contributed by atoms with van der Waals surface area (Å²) < 4.78 is 2.30. The third-order valence-electron chi connectivity index (χ3n) is 12.6. The van der Waals surface area contributed by atoms with Crippen molar-refractivity contribution < 1.29 is 0 Å². The Kier molecular flexibility index (Phi) is 5.61. The minimum absolute atomic E-state index is 0.0567. The fourth-order valence-electron chi connectivity index (χ4n) is 10.5. The topological polar surface area (TPSA) is 46.8 Å². The summed E-state index contributed by atoms with van der Waals surface area (Å²) in [7, 11) is 0. The molecule has 2 aromatic heterocycles. The summed E-state index contributed by atoms with van der Waals surface area (Å²) in [5.74, 6) is 2.11. The zero-order chi connectivity index (χ0) is 35.8. The van der Waals surface area contributed by atoms with Gasteiger partial charge in [-0.15, -0.1) is 0 Å². The molecule has 0 amide bonds. The molecule has 7 aromatic carbocycles. The summed E-state index contributed by atoms with van der Waals surface area (Å²) in [6.45, 7) is 0. The number of fused-ring (bicyclic) bond motifs is 7. The summed E-state index contributed by atoms with van der Waals surface area (Å²) in [4.78, 5) is 18.4. The quantitative estimate of drug-likeness (QED) is 0.183. The smallest absolute Gasteiger partial charge is 0.240 e. The van der Waals surface area contributed by atoms with Crippen molar-refractivity contribution >= 4 is 44.2 Å². The van der Waals surface area contributed by atoms with E-state index in [1.807, 2.05) is 6.07 Å². The van der Waals surface area contributed by atoms with Gasteiger partial charge in [0.1, 0.15) is 0 Å². The monoisotopic (exact) mass is 701 g/mol. The third kappa shape index (κ3) is 3.61. The van der Waals surface area contributed by atoms with Crippen LogP contribution in [0.4, 0.5) is 11.6 Å². The van der Waals surface area contributed by atoms with Crippen LogP contribution in [0.5, 0.6) is 0 Å². The highest BCUT2D eigenvalue weighted by atomic mass is 15.3. The van der Waals surface area contributed by atoms with Crippen LogP contribution in [0, 0.1) is 0 Å². The van der Waals surface area contributed by atoms with Crippen molar-refractivity contribution in [3.8, 4) is 28.5 Å². The van der Waals surface area contributed by atoms with Gasteiger partial charge in [-0.1, -0.05) is 158 Å². The largest absolute Gasteiger partial charge is 0.302 e. The van der Waals surface area contributed by atoms with Crippen molar-refractivity contribution in [2.24, 2.45) is 0 Å². The first-order chi connectivity index (χ1) is 27.3. The average molecular weight is 702 g/mol. The van der Waals surface area contributed by atoms with E-state index < -0.39 is 5.41 Å². The van der Waals surface area contributed by atoms with Crippen LogP contribution in [0.25, 0.3) is 61.0 Å². The molecular formula is C50H31N5. The Morgan fingerprint density at radius 2 is 1.24 bits per heavy atom. The van der Waals surface area contributed by atoms with Crippen molar-refractivity contribution in [3.05, 3.63) is 204 Å². The van der Waals surface area contributed by atoms with Gasteiger partial charge in [0.25, 0.3) is 0 Å². The molecular weight excluding hydrogens is 671 g/mol. The first-order valence-electron chi connectivity index (χ1n) is 19.0. The highest BCUT2D eigenvalue weighted by Crippen LogP contribution is 2.63. The molecule has 256 valence electrons. The lowest BCUT2D eigenvalue weighted by molar-refractivity contribution is 0.725. The Morgan fingerprint density at radius 3 is 2.15 bits per heavy atom. The summed E-state index contributed by atoms with van der Waals surface area (Å²) in [5, 5.41) is 5.06. The van der Waals surface area contributed by atoms with Crippen molar-refractivity contribution in [3.63, 3.8) is 0 Å². The molecule has 0 bridgehead atoms. The van der Waals surface area contributed by atoms with Gasteiger partial charge >= 0.3 is 0 Å². The van der Waals surface area contributed by atoms with Gasteiger partial charge in [-0.3, -0.25) is 4.57 Å². The van der Waals surface area contributed by atoms with Gasteiger partial charge in [0.15, 0.2) is 5.82 Å². The molecule has 0 N–H and O–H groups in total. The molecule has 0 spiro atoms. The number of para-hydroxylation sites is 1. The second-order valence-electron chi connectivity index (χ2n) is 15.1. The third-order valence-corrected chi connectivity index (χ3v) is 12.6. The Hall–Kier alpha value is -7.11. The first kappa shape index (κ1) is 29.4. The Balaban J connectivity index is 1.17. The zero-order valence-corrected chi connectivity index (χ0v) is 29.6. The van der Waals surface area contributed by atoms with Gasteiger partial charge < -0.3 is 4.90 Å². The number of nitrogens with zero attached hydrogens (tertiary/aromatic N) is 5. The van der Waals surface area contributed by atoms with Crippen molar-refractivity contribution in [1.29, 1.82) is 0 Å². The molecule has 3 aliphatic carbocycles. The van der Waals surface area contributed by atoms with E-state index in [4.69, 9.17) is 15.0 Å². The molecule has 0 saturated carbocycles. The molecule has 4 aliphatic rings. The molecule has 0 saturated heterocycles. The van der Waals surface area contributed by atoms with Gasteiger partial charge in [0.05, 0.1) is 22.5 Å². The van der Waals surface area contributed by atoms with Crippen LogP contribution in [-0.2, 0) is 5.41 Å². The molecule has 5 heteroatoms.